The molecule has 0 unspecified atom stereocenters. The molecule has 2 aromatic carbocycles. The third-order valence-electron chi connectivity index (χ3n) is 5.32. The number of rotatable bonds is 7. The first-order chi connectivity index (χ1) is 16.1. The van der Waals surface area contributed by atoms with E-state index < -0.39 is 21.6 Å². The Bertz CT molecular complexity index is 1450. The van der Waals surface area contributed by atoms with Gasteiger partial charge in [-0.1, -0.05) is 18.2 Å². The van der Waals surface area contributed by atoms with E-state index in [2.05, 4.69) is 19.8 Å². The van der Waals surface area contributed by atoms with E-state index in [4.69, 9.17) is 4.74 Å². The van der Waals surface area contributed by atoms with Gasteiger partial charge < -0.3 is 4.74 Å². The highest BCUT2D eigenvalue weighted by Gasteiger charge is 2.15. The van der Waals surface area contributed by atoms with Crippen molar-refractivity contribution in [1.29, 1.82) is 0 Å². The number of aromatic nitrogens is 4. The smallest absolute Gasteiger partial charge is 0.237 e. The van der Waals surface area contributed by atoms with E-state index in [1.807, 2.05) is 20.8 Å². The number of halogens is 1. The van der Waals surface area contributed by atoms with Crippen molar-refractivity contribution >= 4 is 15.7 Å². The molecule has 8 nitrogen and oxygen atoms in total. The lowest BCUT2D eigenvalue weighted by Gasteiger charge is -2.11. The van der Waals surface area contributed by atoms with Gasteiger partial charge in [0.2, 0.25) is 15.9 Å². The third-order valence-corrected chi connectivity index (χ3v) is 6.56. The Balaban J connectivity index is 1.49. The molecule has 0 saturated carbocycles. The molecule has 0 saturated heterocycles. The fourth-order valence-corrected chi connectivity index (χ4v) is 4.59. The molecule has 0 spiro atoms. The van der Waals surface area contributed by atoms with Crippen molar-refractivity contribution in [2.24, 2.45) is 0 Å². The Hall–Kier alpha value is -3.79. The molecule has 0 aliphatic carbocycles. The highest BCUT2D eigenvalue weighted by molar-refractivity contribution is 7.91. The second-order valence-corrected chi connectivity index (χ2v) is 9.62. The average Bonchev–Trinajstić information content (AvgIpc) is 3.03. The average molecular weight is 482 g/mol. The second-order valence-electron chi connectivity index (χ2n) is 7.90. The van der Waals surface area contributed by atoms with Crippen LogP contribution in [0.4, 0.5) is 10.1 Å². The van der Waals surface area contributed by atoms with Gasteiger partial charge in [0.15, 0.2) is 5.82 Å². The molecule has 2 aromatic heterocycles. The number of anilines is 1. The van der Waals surface area contributed by atoms with E-state index in [0.29, 0.717) is 29.0 Å². The first-order valence-electron chi connectivity index (χ1n) is 10.5. The molecule has 0 aliphatic rings. The van der Waals surface area contributed by atoms with Crippen LogP contribution in [0.1, 0.15) is 28.3 Å². The molecule has 0 radical (unpaired) electrons. The minimum absolute atomic E-state index is 0.0997. The van der Waals surface area contributed by atoms with Gasteiger partial charge >= 0.3 is 0 Å². The van der Waals surface area contributed by atoms with Gasteiger partial charge in [-0.3, -0.25) is 4.72 Å². The predicted molar refractivity (Wildman–Crippen MR) is 127 cm³/mol. The highest BCUT2D eigenvalue weighted by atomic mass is 32.2. The summed E-state index contributed by atoms with van der Waals surface area (Å²) < 4.78 is 48.7. The quantitative estimate of drug-likeness (QED) is 0.408. The summed E-state index contributed by atoms with van der Waals surface area (Å²) in [6.45, 7) is 7.68. The van der Waals surface area contributed by atoms with Crippen LogP contribution >= 0.6 is 0 Å². The summed E-state index contributed by atoms with van der Waals surface area (Å²) >= 11 is 0. The first kappa shape index (κ1) is 23.4. The monoisotopic (exact) mass is 481 g/mol. The van der Waals surface area contributed by atoms with Crippen molar-refractivity contribution < 1.29 is 17.5 Å². The Morgan fingerprint density at radius 3 is 2.35 bits per heavy atom. The third kappa shape index (κ3) is 5.23. The molecule has 0 amide bonds. The van der Waals surface area contributed by atoms with Crippen molar-refractivity contribution in [3.63, 3.8) is 0 Å². The van der Waals surface area contributed by atoms with Gasteiger partial charge in [0.05, 0.1) is 11.4 Å². The topological polar surface area (TPSA) is 99.0 Å². The zero-order chi connectivity index (χ0) is 24.5. The summed E-state index contributed by atoms with van der Waals surface area (Å²) in [4.78, 5) is 8.79. The van der Waals surface area contributed by atoms with Crippen LogP contribution in [-0.4, -0.2) is 28.2 Å². The molecule has 0 fully saturated rings. The molecule has 4 aromatic rings. The van der Waals surface area contributed by atoms with Crippen LogP contribution in [0.15, 0.2) is 54.6 Å². The van der Waals surface area contributed by atoms with Gasteiger partial charge in [0, 0.05) is 23.0 Å². The largest absolute Gasteiger partial charge is 0.439 e. The van der Waals surface area contributed by atoms with Crippen LogP contribution in [-0.2, 0) is 15.8 Å². The number of aryl methyl sites for hydroxylation is 2. The van der Waals surface area contributed by atoms with Gasteiger partial charge in [-0.25, -0.2) is 22.5 Å². The zero-order valence-electron chi connectivity index (χ0n) is 19.2. The number of benzene rings is 2. The maximum atomic E-state index is 13.8. The van der Waals surface area contributed by atoms with E-state index in [9.17, 15) is 12.8 Å². The van der Waals surface area contributed by atoms with Crippen LogP contribution in [0, 0.1) is 33.5 Å². The van der Waals surface area contributed by atoms with Crippen molar-refractivity contribution in [1.82, 2.24) is 19.7 Å². The molecule has 176 valence electrons. The van der Waals surface area contributed by atoms with E-state index in [1.165, 1.54) is 18.2 Å². The molecule has 4 rings (SSSR count). The van der Waals surface area contributed by atoms with Crippen LogP contribution < -0.4 is 9.46 Å². The summed E-state index contributed by atoms with van der Waals surface area (Å²) in [5, 5.41) is 4.53. The standard InChI is InChI=1S/C24H24FN5O3S/c1-15-16(2)28-30(17(15)3)23-13-24(27-18(4)26-23)33-21-11-9-20(10-12-21)29-34(31,32)14-19-7-5-6-8-22(19)25/h5-13,29H,14H2,1-4H3. The summed E-state index contributed by atoms with van der Waals surface area (Å²) in [7, 11) is -3.79. The number of hydrogen-bond donors (Lipinski definition) is 1. The predicted octanol–water partition coefficient (Wildman–Crippen LogP) is 4.77. The minimum atomic E-state index is -3.79. The molecular formula is C24H24FN5O3S. The first-order valence-corrected chi connectivity index (χ1v) is 12.2. The van der Waals surface area contributed by atoms with Crippen molar-refractivity contribution in [3.05, 3.63) is 88.8 Å². The Morgan fingerprint density at radius 2 is 1.71 bits per heavy atom. The van der Waals surface area contributed by atoms with E-state index >= 15 is 0 Å². The lowest BCUT2D eigenvalue weighted by Crippen LogP contribution is -2.15. The van der Waals surface area contributed by atoms with Crippen molar-refractivity contribution in [2.45, 2.75) is 33.4 Å². The van der Waals surface area contributed by atoms with Crippen LogP contribution in [0.2, 0.25) is 0 Å². The van der Waals surface area contributed by atoms with Crippen LogP contribution in [0.5, 0.6) is 11.6 Å². The van der Waals surface area contributed by atoms with Crippen LogP contribution in [0.25, 0.3) is 5.82 Å². The summed E-state index contributed by atoms with van der Waals surface area (Å²) in [6, 6.07) is 13.8. The SMILES string of the molecule is Cc1nc(Oc2ccc(NS(=O)(=O)Cc3ccccc3F)cc2)cc(-n2nc(C)c(C)c2C)n1. The number of ether oxygens (including phenoxy) is 1. The summed E-state index contributed by atoms with van der Waals surface area (Å²) in [6.07, 6.45) is 0. The van der Waals surface area contributed by atoms with Crippen molar-refractivity contribution in [3.8, 4) is 17.4 Å². The van der Waals surface area contributed by atoms with E-state index in [1.54, 1.807) is 48.0 Å². The lowest BCUT2D eigenvalue weighted by atomic mass is 10.2. The van der Waals surface area contributed by atoms with Gasteiger partial charge in [-0.2, -0.15) is 10.1 Å². The Labute approximate surface area is 197 Å². The number of sulfonamides is 1. The highest BCUT2D eigenvalue weighted by Crippen LogP contribution is 2.25. The lowest BCUT2D eigenvalue weighted by molar-refractivity contribution is 0.459. The van der Waals surface area contributed by atoms with E-state index in [-0.39, 0.29) is 5.56 Å². The number of hydrogen-bond acceptors (Lipinski definition) is 6. The maximum absolute atomic E-state index is 13.8. The van der Waals surface area contributed by atoms with Gasteiger partial charge in [-0.15, -0.1) is 0 Å². The maximum Gasteiger partial charge on any atom is 0.237 e. The summed E-state index contributed by atoms with van der Waals surface area (Å²) in [5.41, 5.74) is 3.42. The van der Waals surface area contributed by atoms with Gasteiger partial charge in [0.25, 0.3) is 0 Å². The normalized spacial score (nSPS) is 11.4. The molecule has 1 N–H and O–H groups in total. The summed E-state index contributed by atoms with van der Waals surface area (Å²) in [5.74, 6) is 0.883. The number of nitrogens with one attached hydrogen (secondary N) is 1. The van der Waals surface area contributed by atoms with Gasteiger partial charge in [-0.05, 0) is 63.6 Å². The molecule has 10 heteroatoms. The van der Waals surface area contributed by atoms with Crippen molar-refractivity contribution in [2.75, 3.05) is 4.72 Å². The molecule has 34 heavy (non-hydrogen) atoms. The zero-order valence-corrected chi connectivity index (χ0v) is 20.0. The Morgan fingerprint density at radius 1 is 1.00 bits per heavy atom. The minimum Gasteiger partial charge on any atom is -0.439 e. The fraction of sp³-hybridized carbons (Fsp3) is 0.208. The van der Waals surface area contributed by atoms with Crippen LogP contribution in [0.3, 0.4) is 0 Å². The van der Waals surface area contributed by atoms with E-state index in [0.717, 1.165) is 17.0 Å². The molecule has 0 aliphatic heterocycles. The second kappa shape index (κ2) is 9.22. The molecule has 0 bridgehead atoms. The Kier molecular flexibility index (Phi) is 6.34. The molecule has 0 atom stereocenters. The fourth-order valence-electron chi connectivity index (χ4n) is 3.38. The number of nitrogens with zero attached hydrogens (tertiary/aromatic N) is 4. The molecule has 2 heterocycles. The van der Waals surface area contributed by atoms with Gasteiger partial charge in [0.1, 0.15) is 17.4 Å². The molecular weight excluding hydrogens is 457 g/mol.